The van der Waals surface area contributed by atoms with E-state index in [1.54, 1.807) is 18.3 Å². The molecule has 1 heterocycles. The first-order chi connectivity index (χ1) is 13.1. The fourth-order valence-corrected chi connectivity index (χ4v) is 2.56. The zero-order chi connectivity index (χ0) is 19.1. The molecule has 2 amide bonds. The van der Waals surface area contributed by atoms with Crippen LogP contribution in [0, 0.1) is 6.92 Å². The van der Waals surface area contributed by atoms with Gasteiger partial charge in [0.1, 0.15) is 0 Å². The highest BCUT2D eigenvalue weighted by molar-refractivity contribution is 6.04. The molecule has 5 nitrogen and oxygen atoms in total. The Bertz CT molecular complexity index is 905. The molecule has 3 aromatic rings. The summed E-state index contributed by atoms with van der Waals surface area (Å²) in [5.41, 5.74) is 4.33. The Morgan fingerprint density at radius 2 is 1.63 bits per heavy atom. The van der Waals surface area contributed by atoms with Crippen molar-refractivity contribution in [2.45, 2.75) is 19.9 Å². The lowest BCUT2D eigenvalue weighted by molar-refractivity contribution is -0.120. The molecule has 0 saturated carbocycles. The van der Waals surface area contributed by atoms with Crippen molar-refractivity contribution in [2.75, 3.05) is 5.32 Å². The summed E-state index contributed by atoms with van der Waals surface area (Å²) in [6.45, 7) is 2.47. The van der Waals surface area contributed by atoms with Gasteiger partial charge in [-0.05, 0) is 42.3 Å². The van der Waals surface area contributed by atoms with Crippen LogP contribution in [-0.2, 0) is 17.8 Å². The summed E-state index contributed by atoms with van der Waals surface area (Å²) >= 11 is 0. The highest BCUT2D eigenvalue weighted by atomic mass is 16.2. The summed E-state index contributed by atoms with van der Waals surface area (Å²) in [6, 6.07) is 18.8. The van der Waals surface area contributed by atoms with Crippen LogP contribution >= 0.6 is 0 Å². The standard InChI is InChI=1S/C22H21N3O2/c1-16-4-6-17(7-5-16)13-21(26)24-14-18-8-10-20(11-9-18)25-22(27)19-3-2-12-23-15-19/h2-12,15H,13-14H2,1H3,(H,24,26)(H,25,27). The van der Waals surface area contributed by atoms with E-state index in [1.807, 2.05) is 55.5 Å². The third-order valence-electron chi connectivity index (χ3n) is 4.11. The lowest BCUT2D eigenvalue weighted by Crippen LogP contribution is -2.24. The number of benzene rings is 2. The van der Waals surface area contributed by atoms with Gasteiger partial charge in [-0.2, -0.15) is 0 Å². The third kappa shape index (κ3) is 5.51. The van der Waals surface area contributed by atoms with Crippen LogP contribution in [0.3, 0.4) is 0 Å². The Hall–Kier alpha value is -3.47. The molecular formula is C22H21N3O2. The van der Waals surface area contributed by atoms with Gasteiger partial charge in [-0.25, -0.2) is 0 Å². The number of pyridine rings is 1. The predicted molar refractivity (Wildman–Crippen MR) is 105 cm³/mol. The minimum atomic E-state index is -0.206. The van der Waals surface area contributed by atoms with Gasteiger partial charge in [-0.3, -0.25) is 14.6 Å². The number of hydrogen-bond acceptors (Lipinski definition) is 3. The van der Waals surface area contributed by atoms with E-state index in [0.717, 1.165) is 11.1 Å². The topological polar surface area (TPSA) is 71.1 Å². The maximum Gasteiger partial charge on any atom is 0.257 e. The molecule has 136 valence electrons. The summed E-state index contributed by atoms with van der Waals surface area (Å²) in [5, 5.41) is 5.73. The molecule has 0 saturated heterocycles. The van der Waals surface area contributed by atoms with Crippen LogP contribution in [0.1, 0.15) is 27.0 Å². The Morgan fingerprint density at radius 1 is 0.926 bits per heavy atom. The highest BCUT2D eigenvalue weighted by Crippen LogP contribution is 2.11. The largest absolute Gasteiger partial charge is 0.352 e. The number of carbonyl (C=O) groups excluding carboxylic acids is 2. The van der Waals surface area contributed by atoms with E-state index in [4.69, 9.17) is 0 Å². The monoisotopic (exact) mass is 359 g/mol. The van der Waals surface area contributed by atoms with E-state index in [2.05, 4.69) is 15.6 Å². The zero-order valence-electron chi connectivity index (χ0n) is 15.1. The first-order valence-electron chi connectivity index (χ1n) is 8.73. The first-order valence-corrected chi connectivity index (χ1v) is 8.73. The van der Waals surface area contributed by atoms with Crippen molar-refractivity contribution in [2.24, 2.45) is 0 Å². The SMILES string of the molecule is Cc1ccc(CC(=O)NCc2ccc(NC(=O)c3cccnc3)cc2)cc1. The predicted octanol–water partition coefficient (Wildman–Crippen LogP) is 3.50. The molecule has 0 unspecified atom stereocenters. The fourth-order valence-electron chi connectivity index (χ4n) is 2.56. The van der Waals surface area contributed by atoms with E-state index in [9.17, 15) is 9.59 Å². The smallest absolute Gasteiger partial charge is 0.257 e. The Kier molecular flexibility index (Phi) is 5.94. The summed E-state index contributed by atoms with van der Waals surface area (Å²) in [7, 11) is 0. The second kappa shape index (κ2) is 8.76. The zero-order valence-corrected chi connectivity index (χ0v) is 15.1. The van der Waals surface area contributed by atoms with E-state index in [0.29, 0.717) is 24.2 Å². The Morgan fingerprint density at radius 3 is 2.30 bits per heavy atom. The van der Waals surface area contributed by atoms with Crippen LogP contribution < -0.4 is 10.6 Å². The van der Waals surface area contributed by atoms with E-state index in [-0.39, 0.29) is 11.8 Å². The van der Waals surface area contributed by atoms with E-state index < -0.39 is 0 Å². The fraction of sp³-hybridized carbons (Fsp3) is 0.136. The van der Waals surface area contributed by atoms with Crippen molar-refractivity contribution >= 4 is 17.5 Å². The second-order valence-electron chi connectivity index (χ2n) is 6.33. The van der Waals surface area contributed by atoms with Gasteiger partial charge in [0.15, 0.2) is 0 Å². The average Bonchev–Trinajstić information content (AvgIpc) is 2.70. The van der Waals surface area contributed by atoms with Gasteiger partial charge in [-0.15, -0.1) is 0 Å². The molecule has 0 aliphatic heterocycles. The number of amides is 2. The summed E-state index contributed by atoms with van der Waals surface area (Å²) in [4.78, 5) is 28.1. The molecule has 2 aromatic carbocycles. The number of anilines is 1. The van der Waals surface area contributed by atoms with E-state index >= 15 is 0 Å². The number of aromatic nitrogens is 1. The molecule has 1 aromatic heterocycles. The number of nitrogens with one attached hydrogen (secondary N) is 2. The molecule has 0 bridgehead atoms. The first kappa shape index (κ1) is 18.3. The normalized spacial score (nSPS) is 10.3. The minimum absolute atomic E-state index is 0.0205. The molecule has 0 radical (unpaired) electrons. The molecule has 2 N–H and O–H groups in total. The number of nitrogens with zero attached hydrogens (tertiary/aromatic N) is 1. The van der Waals surface area contributed by atoms with Crippen LogP contribution in [0.25, 0.3) is 0 Å². The molecule has 0 spiro atoms. The lowest BCUT2D eigenvalue weighted by Gasteiger charge is -2.08. The van der Waals surface area contributed by atoms with Gasteiger partial charge < -0.3 is 10.6 Å². The van der Waals surface area contributed by atoms with Crippen molar-refractivity contribution < 1.29 is 9.59 Å². The third-order valence-corrected chi connectivity index (χ3v) is 4.11. The molecule has 3 rings (SSSR count). The van der Waals surface area contributed by atoms with Crippen molar-refractivity contribution in [3.8, 4) is 0 Å². The quantitative estimate of drug-likeness (QED) is 0.708. The minimum Gasteiger partial charge on any atom is -0.352 e. The van der Waals surface area contributed by atoms with Gasteiger partial charge in [0.25, 0.3) is 5.91 Å². The second-order valence-corrected chi connectivity index (χ2v) is 6.33. The summed E-state index contributed by atoms with van der Waals surface area (Å²) < 4.78 is 0. The lowest BCUT2D eigenvalue weighted by atomic mass is 10.1. The van der Waals surface area contributed by atoms with Crippen LogP contribution in [0.5, 0.6) is 0 Å². The van der Waals surface area contributed by atoms with Gasteiger partial charge in [0, 0.05) is 24.6 Å². The maximum atomic E-state index is 12.1. The summed E-state index contributed by atoms with van der Waals surface area (Å²) in [6.07, 6.45) is 3.51. The van der Waals surface area contributed by atoms with Crippen molar-refractivity contribution in [3.63, 3.8) is 0 Å². The molecule has 0 aliphatic carbocycles. The van der Waals surface area contributed by atoms with Crippen molar-refractivity contribution in [1.82, 2.24) is 10.3 Å². The molecule has 0 aliphatic rings. The molecule has 0 fully saturated rings. The van der Waals surface area contributed by atoms with Gasteiger partial charge in [0.2, 0.25) is 5.91 Å². The van der Waals surface area contributed by atoms with Crippen molar-refractivity contribution in [3.05, 3.63) is 95.3 Å². The van der Waals surface area contributed by atoms with E-state index in [1.165, 1.54) is 11.8 Å². The van der Waals surface area contributed by atoms with Gasteiger partial charge in [0.05, 0.1) is 12.0 Å². The summed E-state index contributed by atoms with van der Waals surface area (Å²) in [5.74, 6) is -0.227. The Balaban J connectivity index is 1.49. The van der Waals surface area contributed by atoms with Gasteiger partial charge in [-0.1, -0.05) is 42.0 Å². The molecular weight excluding hydrogens is 338 g/mol. The number of carbonyl (C=O) groups is 2. The molecule has 5 heteroatoms. The number of aryl methyl sites for hydroxylation is 1. The van der Waals surface area contributed by atoms with Crippen LogP contribution in [0.2, 0.25) is 0 Å². The number of hydrogen-bond donors (Lipinski definition) is 2. The van der Waals surface area contributed by atoms with Gasteiger partial charge >= 0.3 is 0 Å². The van der Waals surface area contributed by atoms with Crippen LogP contribution in [0.4, 0.5) is 5.69 Å². The van der Waals surface area contributed by atoms with Crippen LogP contribution in [-0.4, -0.2) is 16.8 Å². The highest BCUT2D eigenvalue weighted by Gasteiger charge is 2.06. The van der Waals surface area contributed by atoms with Crippen molar-refractivity contribution in [1.29, 1.82) is 0 Å². The number of rotatable bonds is 6. The average molecular weight is 359 g/mol. The van der Waals surface area contributed by atoms with Crippen LogP contribution in [0.15, 0.2) is 73.1 Å². The molecule has 0 atom stereocenters. The maximum absolute atomic E-state index is 12.1. The Labute approximate surface area is 158 Å². The molecule has 27 heavy (non-hydrogen) atoms.